The van der Waals surface area contributed by atoms with Crippen molar-refractivity contribution in [2.45, 2.75) is 147 Å². The van der Waals surface area contributed by atoms with Crippen LogP contribution in [0.4, 0.5) is 0 Å². The molecule has 0 fully saturated rings. The van der Waals surface area contributed by atoms with Crippen molar-refractivity contribution in [2.24, 2.45) is 35.5 Å². The maximum atomic E-state index is 11.4. The lowest BCUT2D eigenvalue weighted by Gasteiger charge is -2.32. The monoisotopic (exact) mass is 583 g/mol. The van der Waals surface area contributed by atoms with E-state index >= 15 is 0 Å². The molecule has 4 nitrogen and oxygen atoms in total. The molecule has 8 unspecified atom stereocenters. The summed E-state index contributed by atoms with van der Waals surface area (Å²) in [7, 11) is 0. The van der Waals surface area contributed by atoms with E-state index in [-0.39, 0.29) is 11.6 Å². The maximum Gasteiger partial charge on any atom is 0.134 e. The van der Waals surface area contributed by atoms with Crippen LogP contribution in [0.3, 0.4) is 0 Å². The number of aromatic amines is 2. The van der Waals surface area contributed by atoms with E-state index in [4.69, 9.17) is 0 Å². The number of carbonyl (C=O) groups excluding carboxylic acids is 2. The van der Waals surface area contributed by atoms with E-state index in [1.165, 1.54) is 48.2 Å². The molecule has 0 aliphatic rings. The van der Waals surface area contributed by atoms with E-state index in [1.807, 2.05) is 0 Å². The highest BCUT2D eigenvalue weighted by atomic mass is 16.1. The second-order valence-electron chi connectivity index (χ2n) is 13.8. The minimum absolute atomic E-state index is 0.235. The fourth-order valence-electron chi connectivity index (χ4n) is 6.70. The number of nitrogens with one attached hydrogen (secondary N) is 2. The van der Waals surface area contributed by atoms with Crippen molar-refractivity contribution in [3.63, 3.8) is 0 Å². The molecule has 0 saturated carbocycles. The van der Waals surface area contributed by atoms with Gasteiger partial charge in [-0.3, -0.25) is 9.59 Å². The smallest absolute Gasteiger partial charge is 0.134 e. The molecular weight excluding hydrogens is 516 g/mol. The third-order valence-corrected chi connectivity index (χ3v) is 10.6. The van der Waals surface area contributed by atoms with E-state index in [1.54, 1.807) is 13.8 Å². The second-order valence-corrected chi connectivity index (χ2v) is 13.8. The lowest BCUT2D eigenvalue weighted by Crippen LogP contribution is -2.23. The highest BCUT2D eigenvalue weighted by molar-refractivity contribution is 5.79. The molecule has 0 saturated heterocycles. The number of H-pyrrole nitrogens is 2. The van der Waals surface area contributed by atoms with Crippen molar-refractivity contribution in [1.29, 1.82) is 0 Å². The summed E-state index contributed by atoms with van der Waals surface area (Å²) in [4.78, 5) is 30.0. The van der Waals surface area contributed by atoms with Crippen LogP contribution < -0.4 is 0 Å². The highest BCUT2D eigenvalue weighted by Gasteiger charge is 2.30. The zero-order chi connectivity index (χ0) is 32.3. The van der Waals surface area contributed by atoms with Gasteiger partial charge in [0.15, 0.2) is 0 Å². The summed E-state index contributed by atoms with van der Waals surface area (Å²) in [5, 5.41) is 0. The summed E-state index contributed by atoms with van der Waals surface area (Å²) < 4.78 is 0. The summed E-state index contributed by atoms with van der Waals surface area (Å²) in [6, 6.07) is 4.48. The first kappa shape index (κ1) is 37.9. The predicted molar refractivity (Wildman–Crippen MR) is 181 cm³/mol. The lowest BCUT2D eigenvalue weighted by molar-refractivity contribution is -0.117. The molecule has 0 spiro atoms. The van der Waals surface area contributed by atoms with Gasteiger partial charge in [0.25, 0.3) is 0 Å². The summed E-state index contributed by atoms with van der Waals surface area (Å²) in [6.07, 6.45) is 5.90. The summed E-state index contributed by atoms with van der Waals surface area (Å²) in [6.45, 7) is 30.8. The standard InChI is InChI=1S/2C19H33NO/c2*1-8-12(3)15(6)19(13(4)9-2)18-11-17(10-14(5)21)16(7)20-18/h2*11-13,15,19-20H,8-10H2,1-7H3. The van der Waals surface area contributed by atoms with Crippen LogP contribution in [-0.4, -0.2) is 21.5 Å². The van der Waals surface area contributed by atoms with Gasteiger partial charge in [0.05, 0.1) is 0 Å². The van der Waals surface area contributed by atoms with Crippen LogP contribution in [0.5, 0.6) is 0 Å². The zero-order valence-corrected chi connectivity index (χ0v) is 29.8. The van der Waals surface area contributed by atoms with Gasteiger partial charge in [-0.15, -0.1) is 0 Å². The average Bonchev–Trinajstić information content (AvgIpc) is 3.47. The normalized spacial score (nSPS) is 17.3. The first-order chi connectivity index (χ1) is 19.6. The fourth-order valence-corrected chi connectivity index (χ4v) is 6.70. The molecule has 0 aliphatic carbocycles. The van der Waals surface area contributed by atoms with Crippen LogP contribution in [-0.2, 0) is 22.4 Å². The van der Waals surface area contributed by atoms with E-state index in [2.05, 4.69) is 105 Å². The molecule has 2 aromatic rings. The molecule has 240 valence electrons. The number of hydrogen-bond acceptors (Lipinski definition) is 2. The van der Waals surface area contributed by atoms with Crippen molar-refractivity contribution in [2.75, 3.05) is 0 Å². The van der Waals surface area contributed by atoms with Crippen LogP contribution in [0.1, 0.15) is 155 Å². The van der Waals surface area contributed by atoms with Gasteiger partial charge in [0, 0.05) is 47.5 Å². The number of hydrogen-bond donors (Lipinski definition) is 2. The Balaban J connectivity index is 0.000000420. The topological polar surface area (TPSA) is 65.7 Å². The zero-order valence-electron chi connectivity index (χ0n) is 29.8. The van der Waals surface area contributed by atoms with Gasteiger partial charge in [-0.2, -0.15) is 0 Å². The molecule has 2 rings (SSSR count). The number of Topliss-reactive ketones (excluding diaryl/α,β-unsaturated/α-hetero) is 2. The molecule has 8 atom stereocenters. The molecule has 2 N–H and O–H groups in total. The molecule has 0 radical (unpaired) electrons. The van der Waals surface area contributed by atoms with Gasteiger partial charge in [-0.1, -0.05) is 94.9 Å². The van der Waals surface area contributed by atoms with Gasteiger partial charge >= 0.3 is 0 Å². The van der Waals surface area contributed by atoms with E-state index < -0.39 is 0 Å². The van der Waals surface area contributed by atoms with Crippen LogP contribution in [0.2, 0.25) is 0 Å². The van der Waals surface area contributed by atoms with Gasteiger partial charge in [0.1, 0.15) is 11.6 Å². The summed E-state index contributed by atoms with van der Waals surface area (Å²) >= 11 is 0. The molecule has 4 heteroatoms. The van der Waals surface area contributed by atoms with Gasteiger partial charge in [0.2, 0.25) is 0 Å². The van der Waals surface area contributed by atoms with Crippen molar-refractivity contribution >= 4 is 11.6 Å². The van der Waals surface area contributed by atoms with Crippen LogP contribution in [0.15, 0.2) is 12.1 Å². The summed E-state index contributed by atoms with van der Waals surface area (Å²) in [5.74, 6) is 5.58. The van der Waals surface area contributed by atoms with Gasteiger partial charge in [-0.25, -0.2) is 0 Å². The van der Waals surface area contributed by atoms with E-state index in [0.29, 0.717) is 60.2 Å². The van der Waals surface area contributed by atoms with Crippen LogP contribution >= 0.6 is 0 Å². The minimum atomic E-state index is 0.235. The largest absolute Gasteiger partial charge is 0.362 e. The van der Waals surface area contributed by atoms with Crippen molar-refractivity contribution in [3.8, 4) is 0 Å². The third kappa shape index (κ3) is 10.6. The average molecular weight is 583 g/mol. The van der Waals surface area contributed by atoms with E-state index in [9.17, 15) is 9.59 Å². The molecule has 0 amide bonds. The Labute approximate surface area is 259 Å². The molecule has 2 heterocycles. The quantitative estimate of drug-likeness (QED) is 0.207. The SMILES string of the molecule is CCC(C)C(C)C(c1cc(CC(C)=O)c(C)[nH]1)C(C)CC.CCC(C)C(C)C(c1cc(CC(C)=O)c(C)[nH]1)C(C)CC. The molecule has 0 bridgehead atoms. The lowest BCUT2D eigenvalue weighted by atomic mass is 9.74. The Morgan fingerprint density at radius 2 is 0.857 bits per heavy atom. The predicted octanol–water partition coefficient (Wildman–Crippen LogP) is 10.5. The Morgan fingerprint density at radius 3 is 1.10 bits per heavy atom. The molecular formula is C38H66N2O2. The first-order valence-electron chi connectivity index (χ1n) is 17.0. The number of ketones is 2. The number of carbonyl (C=O) groups is 2. The Morgan fingerprint density at radius 1 is 0.571 bits per heavy atom. The maximum absolute atomic E-state index is 11.4. The fraction of sp³-hybridized carbons (Fsp3) is 0.737. The van der Waals surface area contributed by atoms with Crippen molar-refractivity contribution < 1.29 is 9.59 Å². The Bertz CT molecular complexity index is 1010. The molecule has 0 aliphatic heterocycles. The van der Waals surface area contributed by atoms with Crippen LogP contribution in [0.25, 0.3) is 0 Å². The number of aromatic nitrogens is 2. The summed E-state index contributed by atoms with van der Waals surface area (Å²) in [5.41, 5.74) is 7.30. The molecule has 0 aromatic carbocycles. The number of aryl methyl sites for hydroxylation is 2. The van der Waals surface area contributed by atoms with Crippen molar-refractivity contribution in [3.05, 3.63) is 46.0 Å². The molecule has 2 aromatic heterocycles. The van der Waals surface area contributed by atoms with E-state index in [0.717, 1.165) is 11.4 Å². The third-order valence-electron chi connectivity index (χ3n) is 10.6. The van der Waals surface area contributed by atoms with Gasteiger partial charge < -0.3 is 9.97 Å². The van der Waals surface area contributed by atoms with Crippen molar-refractivity contribution in [1.82, 2.24) is 9.97 Å². The molecule has 42 heavy (non-hydrogen) atoms. The Hall–Kier alpha value is -2.10. The van der Waals surface area contributed by atoms with Crippen LogP contribution in [0, 0.1) is 49.4 Å². The number of rotatable bonds is 16. The Kier molecular flexibility index (Phi) is 16.1. The highest BCUT2D eigenvalue weighted by Crippen LogP contribution is 2.40. The van der Waals surface area contributed by atoms with Gasteiger partial charge in [-0.05, 0) is 86.5 Å². The second kappa shape index (κ2) is 17.9. The minimum Gasteiger partial charge on any atom is -0.362 e. The first-order valence-corrected chi connectivity index (χ1v) is 17.0.